The van der Waals surface area contributed by atoms with Crippen LogP contribution >= 0.6 is 0 Å². The molecule has 0 saturated heterocycles. The van der Waals surface area contributed by atoms with E-state index in [0.717, 1.165) is 11.1 Å². The van der Waals surface area contributed by atoms with Crippen LogP contribution in [0.2, 0.25) is 0 Å². The Labute approximate surface area is 205 Å². The Kier molecular flexibility index (Phi) is 6.19. The molecule has 36 heavy (non-hydrogen) atoms. The summed E-state index contributed by atoms with van der Waals surface area (Å²) in [4.78, 5) is 17.9. The van der Waals surface area contributed by atoms with E-state index >= 15 is 0 Å². The van der Waals surface area contributed by atoms with Crippen LogP contribution in [0.15, 0.2) is 48.7 Å². The first-order valence-corrected chi connectivity index (χ1v) is 11.3. The molecular weight excluding hydrogens is 470 g/mol. The highest BCUT2D eigenvalue weighted by Gasteiger charge is 2.24. The third-order valence-electron chi connectivity index (χ3n) is 5.99. The number of rotatable bonds is 7. The van der Waals surface area contributed by atoms with E-state index in [-0.39, 0.29) is 31.4 Å². The van der Waals surface area contributed by atoms with Crippen molar-refractivity contribution in [2.24, 2.45) is 5.73 Å². The largest absolute Gasteiger partial charge is 0.485 e. The maximum Gasteiger partial charge on any atom is 0.270 e. The molecule has 0 spiro atoms. The number of carbonyl (C=O) groups excluding carboxylic acids is 1. The van der Waals surface area contributed by atoms with Gasteiger partial charge in [-0.25, -0.2) is 13.8 Å². The minimum atomic E-state index is -0.699. The highest BCUT2D eigenvalue weighted by molar-refractivity contribution is 5.95. The highest BCUT2D eigenvalue weighted by Crippen LogP contribution is 2.34. The number of nitrogens with two attached hydrogens (primary N) is 1. The lowest BCUT2D eigenvalue weighted by Gasteiger charge is -2.18. The minimum Gasteiger partial charge on any atom is -0.485 e. The van der Waals surface area contributed by atoms with Gasteiger partial charge in [-0.2, -0.15) is 0 Å². The number of hydrogen-bond acceptors (Lipinski definition) is 6. The van der Waals surface area contributed by atoms with Crippen molar-refractivity contribution >= 4 is 11.6 Å². The molecule has 0 fully saturated rings. The summed E-state index contributed by atoms with van der Waals surface area (Å²) in [6, 6.07) is 10.2. The van der Waals surface area contributed by atoms with Gasteiger partial charge < -0.3 is 25.3 Å². The lowest BCUT2D eigenvalue weighted by atomic mass is 10.1. The van der Waals surface area contributed by atoms with Crippen molar-refractivity contribution in [3.05, 3.63) is 88.4 Å². The van der Waals surface area contributed by atoms with E-state index in [1.807, 2.05) is 13.0 Å². The molecule has 2 aromatic carbocycles. The molecule has 3 N–H and O–H groups in total. The molecule has 3 heterocycles. The Hall–Kier alpha value is -4.18. The van der Waals surface area contributed by atoms with Crippen LogP contribution in [-0.2, 0) is 6.61 Å². The Balaban J connectivity index is 1.44. The van der Waals surface area contributed by atoms with Crippen LogP contribution in [0.3, 0.4) is 0 Å². The van der Waals surface area contributed by atoms with Crippen molar-refractivity contribution < 1.29 is 27.8 Å². The van der Waals surface area contributed by atoms with Crippen molar-refractivity contribution in [1.29, 1.82) is 0 Å². The number of benzene rings is 2. The lowest BCUT2D eigenvalue weighted by molar-refractivity contribution is 0.0931. The first kappa shape index (κ1) is 23.6. The van der Waals surface area contributed by atoms with Gasteiger partial charge in [0.1, 0.15) is 23.9 Å². The molecule has 0 saturated carbocycles. The van der Waals surface area contributed by atoms with Crippen LogP contribution in [0.4, 0.5) is 8.78 Å². The van der Waals surface area contributed by atoms with Gasteiger partial charge in [-0.05, 0) is 55.3 Å². The monoisotopic (exact) mass is 494 g/mol. The number of carbonyl (C=O) groups is 1. The zero-order valence-electron chi connectivity index (χ0n) is 19.7. The predicted molar refractivity (Wildman–Crippen MR) is 127 cm³/mol. The number of imidazole rings is 1. The van der Waals surface area contributed by atoms with E-state index in [4.69, 9.17) is 19.9 Å². The smallest absolute Gasteiger partial charge is 0.270 e. The Morgan fingerprint density at radius 2 is 1.92 bits per heavy atom. The summed E-state index contributed by atoms with van der Waals surface area (Å²) in [5.41, 5.74) is 8.45. The molecule has 2 aromatic heterocycles. The first-order valence-electron chi connectivity index (χ1n) is 11.3. The molecule has 4 aromatic rings. The number of amides is 1. The van der Waals surface area contributed by atoms with Crippen molar-refractivity contribution in [3.63, 3.8) is 0 Å². The number of nitrogens with zero attached hydrogens (tertiary/aromatic N) is 2. The molecule has 5 rings (SSSR count). The van der Waals surface area contributed by atoms with E-state index in [9.17, 15) is 13.6 Å². The average Bonchev–Trinajstić information content (AvgIpc) is 3.45. The van der Waals surface area contributed by atoms with E-state index in [0.29, 0.717) is 34.3 Å². The summed E-state index contributed by atoms with van der Waals surface area (Å²) in [5, 5.41) is 2.96. The van der Waals surface area contributed by atoms with E-state index in [1.165, 1.54) is 18.2 Å². The van der Waals surface area contributed by atoms with Gasteiger partial charge in [0.2, 0.25) is 6.79 Å². The van der Waals surface area contributed by atoms with Crippen LogP contribution in [0, 0.1) is 25.5 Å². The molecule has 10 heteroatoms. The number of hydrogen-bond donors (Lipinski definition) is 2. The average molecular weight is 494 g/mol. The second kappa shape index (κ2) is 9.46. The quantitative estimate of drug-likeness (QED) is 0.403. The maximum absolute atomic E-state index is 14.1. The maximum atomic E-state index is 14.1. The number of nitrogens with one attached hydrogen (secondary N) is 1. The molecule has 8 nitrogen and oxygen atoms in total. The second-order valence-corrected chi connectivity index (χ2v) is 8.48. The molecule has 1 aliphatic rings. The van der Waals surface area contributed by atoms with Crippen molar-refractivity contribution in [3.8, 4) is 17.2 Å². The predicted octanol–water partition coefficient (Wildman–Crippen LogP) is 3.97. The number of aromatic nitrogens is 2. The molecule has 1 aliphatic heterocycles. The van der Waals surface area contributed by atoms with Gasteiger partial charge in [-0.3, -0.25) is 9.20 Å². The van der Waals surface area contributed by atoms with Gasteiger partial charge in [0, 0.05) is 12.7 Å². The van der Waals surface area contributed by atoms with E-state index in [2.05, 4.69) is 10.3 Å². The fourth-order valence-electron chi connectivity index (χ4n) is 4.19. The Bertz CT molecular complexity index is 1450. The topological polar surface area (TPSA) is 100 Å². The molecule has 1 amide bonds. The molecule has 1 unspecified atom stereocenters. The SMILES string of the molecule is Cc1cc(OCc2c(F)cccc2F)c2nc(C)c(C(=O)NC(CN)c3ccc4c(c3)OCO4)n2c1. The van der Waals surface area contributed by atoms with Gasteiger partial charge in [0.15, 0.2) is 22.9 Å². The van der Waals surface area contributed by atoms with Crippen molar-refractivity contribution in [1.82, 2.24) is 14.7 Å². The Morgan fingerprint density at radius 1 is 1.17 bits per heavy atom. The van der Waals surface area contributed by atoms with Crippen LogP contribution in [0.5, 0.6) is 17.2 Å². The highest BCUT2D eigenvalue weighted by atomic mass is 19.1. The van der Waals surface area contributed by atoms with E-state index < -0.39 is 17.7 Å². The van der Waals surface area contributed by atoms with Gasteiger partial charge in [-0.1, -0.05) is 12.1 Å². The number of fused-ring (bicyclic) bond motifs is 2. The van der Waals surface area contributed by atoms with Crippen molar-refractivity contribution in [2.75, 3.05) is 13.3 Å². The van der Waals surface area contributed by atoms with Crippen molar-refractivity contribution in [2.45, 2.75) is 26.5 Å². The van der Waals surface area contributed by atoms with Gasteiger partial charge >= 0.3 is 0 Å². The second-order valence-electron chi connectivity index (χ2n) is 8.48. The molecule has 0 aliphatic carbocycles. The van der Waals surface area contributed by atoms with Gasteiger partial charge in [-0.15, -0.1) is 0 Å². The van der Waals surface area contributed by atoms with E-state index in [1.54, 1.807) is 35.7 Å². The third kappa shape index (κ3) is 4.31. The molecule has 0 radical (unpaired) electrons. The summed E-state index contributed by atoms with van der Waals surface area (Å²) in [6.45, 7) is 3.50. The van der Waals surface area contributed by atoms with Crippen LogP contribution in [-0.4, -0.2) is 28.6 Å². The zero-order valence-corrected chi connectivity index (χ0v) is 19.7. The normalized spacial score (nSPS) is 13.1. The molecule has 1 atom stereocenters. The minimum absolute atomic E-state index is 0.146. The number of ether oxygens (including phenoxy) is 3. The van der Waals surface area contributed by atoms with Crippen LogP contribution in [0.1, 0.15) is 38.9 Å². The lowest BCUT2D eigenvalue weighted by Crippen LogP contribution is -2.34. The number of aryl methyl sites for hydroxylation is 2. The molecule has 0 bridgehead atoms. The third-order valence-corrected chi connectivity index (χ3v) is 5.99. The number of pyridine rings is 1. The summed E-state index contributed by atoms with van der Waals surface area (Å²) < 4.78 is 46.3. The molecular formula is C26H24F2N4O4. The summed E-state index contributed by atoms with van der Waals surface area (Å²) in [6.07, 6.45) is 1.75. The fourth-order valence-corrected chi connectivity index (χ4v) is 4.19. The molecule has 186 valence electrons. The number of halogens is 2. The first-order chi connectivity index (χ1) is 17.4. The van der Waals surface area contributed by atoms with Crippen LogP contribution in [0.25, 0.3) is 5.65 Å². The summed E-state index contributed by atoms with van der Waals surface area (Å²) in [5.74, 6) is -0.258. The fraction of sp³-hybridized carbons (Fsp3) is 0.231. The standard InChI is InChI=1S/C26H24F2N4O4/c1-14-8-23(34-12-17-18(27)4-3-5-19(17)28)25-30-15(2)24(32(25)11-14)26(33)31-20(10-29)16-6-7-21-22(9-16)36-13-35-21/h3-9,11,20H,10,12-13,29H2,1-2H3,(H,31,33). The van der Waals surface area contributed by atoms with Gasteiger partial charge in [0.25, 0.3) is 5.91 Å². The van der Waals surface area contributed by atoms with Crippen LogP contribution < -0.4 is 25.3 Å². The van der Waals surface area contributed by atoms with Gasteiger partial charge in [0.05, 0.1) is 17.3 Å². The zero-order chi connectivity index (χ0) is 25.4. The Morgan fingerprint density at radius 3 is 2.67 bits per heavy atom. The summed E-state index contributed by atoms with van der Waals surface area (Å²) >= 11 is 0. The summed E-state index contributed by atoms with van der Waals surface area (Å²) in [7, 11) is 0.